The Balaban J connectivity index is 1.71. The Morgan fingerprint density at radius 2 is 2.27 bits per heavy atom. The molecule has 2 aliphatic rings. The molecule has 0 spiro atoms. The number of hydrogen-bond acceptors (Lipinski definition) is 3. The molecule has 3 heteroatoms. The van der Waals surface area contributed by atoms with Gasteiger partial charge in [-0.25, -0.2) is 0 Å². The van der Waals surface area contributed by atoms with Crippen molar-refractivity contribution < 1.29 is 4.74 Å². The van der Waals surface area contributed by atoms with Crippen molar-refractivity contribution in [2.75, 3.05) is 39.4 Å². The quantitative estimate of drug-likeness (QED) is 0.691. The number of ether oxygens (including phenoxy) is 1. The van der Waals surface area contributed by atoms with Crippen LogP contribution in [0.3, 0.4) is 0 Å². The Labute approximate surface area is 93.2 Å². The fraction of sp³-hybridized carbons (Fsp3) is 1.00. The van der Waals surface area contributed by atoms with E-state index in [1.165, 1.54) is 38.9 Å². The Hall–Kier alpha value is -0.120. The maximum atomic E-state index is 5.43. The molecule has 1 saturated carbocycles. The van der Waals surface area contributed by atoms with Crippen LogP contribution in [0.2, 0.25) is 0 Å². The number of hydrogen-bond donors (Lipinski definition) is 1. The summed E-state index contributed by atoms with van der Waals surface area (Å²) in [6, 6.07) is 0.758. The van der Waals surface area contributed by atoms with E-state index in [4.69, 9.17) is 4.74 Å². The molecule has 0 amide bonds. The normalized spacial score (nSPS) is 29.0. The average Bonchev–Trinajstić information content (AvgIpc) is 3.05. The Morgan fingerprint density at radius 3 is 3.00 bits per heavy atom. The smallest absolute Gasteiger partial charge is 0.0593 e. The van der Waals surface area contributed by atoms with Gasteiger partial charge in [-0.1, -0.05) is 0 Å². The van der Waals surface area contributed by atoms with E-state index in [1.54, 1.807) is 0 Å². The predicted octanol–water partition coefficient (Wildman–Crippen LogP) is 1.10. The van der Waals surface area contributed by atoms with E-state index in [-0.39, 0.29) is 0 Å². The lowest BCUT2D eigenvalue weighted by Crippen LogP contribution is -2.40. The Kier molecular flexibility index (Phi) is 4.42. The minimum Gasteiger partial charge on any atom is -0.380 e. The number of rotatable bonds is 5. The van der Waals surface area contributed by atoms with Gasteiger partial charge in [-0.15, -0.1) is 0 Å². The molecule has 1 aliphatic heterocycles. The Morgan fingerprint density at radius 1 is 1.40 bits per heavy atom. The van der Waals surface area contributed by atoms with Gasteiger partial charge in [0.05, 0.1) is 6.61 Å². The van der Waals surface area contributed by atoms with Gasteiger partial charge in [0.2, 0.25) is 0 Å². The van der Waals surface area contributed by atoms with Crippen LogP contribution >= 0.6 is 0 Å². The average molecular weight is 212 g/mol. The van der Waals surface area contributed by atoms with Gasteiger partial charge in [-0.2, -0.15) is 0 Å². The molecule has 1 atom stereocenters. The van der Waals surface area contributed by atoms with Crippen molar-refractivity contribution in [2.45, 2.75) is 32.2 Å². The lowest BCUT2D eigenvalue weighted by atomic mass is 10.2. The number of nitrogens with one attached hydrogen (secondary N) is 1. The molecule has 1 N–H and O–H groups in total. The highest BCUT2D eigenvalue weighted by Crippen LogP contribution is 2.33. The lowest BCUT2D eigenvalue weighted by Gasteiger charge is -2.24. The zero-order valence-corrected chi connectivity index (χ0v) is 9.87. The minimum absolute atomic E-state index is 0.758. The molecule has 0 radical (unpaired) electrons. The summed E-state index contributed by atoms with van der Waals surface area (Å²) in [5, 5.41) is 3.68. The highest BCUT2D eigenvalue weighted by molar-refractivity contribution is 4.89. The van der Waals surface area contributed by atoms with E-state index in [0.29, 0.717) is 0 Å². The summed E-state index contributed by atoms with van der Waals surface area (Å²) in [4.78, 5) is 2.57. The van der Waals surface area contributed by atoms with Crippen molar-refractivity contribution in [3.63, 3.8) is 0 Å². The topological polar surface area (TPSA) is 24.5 Å². The van der Waals surface area contributed by atoms with E-state index >= 15 is 0 Å². The van der Waals surface area contributed by atoms with Crippen molar-refractivity contribution in [1.82, 2.24) is 10.2 Å². The molecule has 0 aromatic rings. The first-order valence-corrected chi connectivity index (χ1v) is 6.43. The third-order valence-electron chi connectivity index (χ3n) is 3.46. The van der Waals surface area contributed by atoms with Crippen LogP contribution < -0.4 is 5.32 Å². The van der Waals surface area contributed by atoms with Crippen LogP contribution in [0.1, 0.15) is 26.2 Å². The molecule has 1 aliphatic carbocycles. The summed E-state index contributed by atoms with van der Waals surface area (Å²) in [7, 11) is 0. The van der Waals surface area contributed by atoms with Crippen LogP contribution in [-0.4, -0.2) is 50.3 Å². The summed E-state index contributed by atoms with van der Waals surface area (Å²) in [6.07, 6.45) is 4.17. The molecular weight excluding hydrogens is 188 g/mol. The van der Waals surface area contributed by atoms with Crippen molar-refractivity contribution in [2.24, 2.45) is 5.92 Å². The van der Waals surface area contributed by atoms with Gasteiger partial charge < -0.3 is 10.1 Å². The highest BCUT2D eigenvalue weighted by atomic mass is 16.5. The monoisotopic (exact) mass is 212 g/mol. The van der Waals surface area contributed by atoms with Gasteiger partial charge in [-0.05, 0) is 45.2 Å². The molecule has 3 nitrogen and oxygen atoms in total. The van der Waals surface area contributed by atoms with Crippen LogP contribution in [0.5, 0.6) is 0 Å². The summed E-state index contributed by atoms with van der Waals surface area (Å²) in [5.74, 6) is 0.970. The summed E-state index contributed by atoms with van der Waals surface area (Å²) >= 11 is 0. The van der Waals surface area contributed by atoms with Gasteiger partial charge in [0.25, 0.3) is 0 Å². The molecule has 1 saturated heterocycles. The molecule has 2 fully saturated rings. The first-order valence-electron chi connectivity index (χ1n) is 6.43. The molecule has 0 bridgehead atoms. The summed E-state index contributed by atoms with van der Waals surface area (Å²) in [5.41, 5.74) is 0. The zero-order chi connectivity index (χ0) is 10.5. The third kappa shape index (κ3) is 3.74. The SMILES string of the molecule is CCOCCN1CCCNC(C2CC2)C1. The van der Waals surface area contributed by atoms with Crippen molar-refractivity contribution in [3.05, 3.63) is 0 Å². The van der Waals surface area contributed by atoms with Crippen molar-refractivity contribution >= 4 is 0 Å². The fourth-order valence-electron chi connectivity index (χ4n) is 2.38. The standard InChI is InChI=1S/C12H24N2O/c1-2-15-9-8-14-7-3-6-13-12(10-14)11-4-5-11/h11-13H,2-10H2,1H3. The van der Waals surface area contributed by atoms with E-state index in [0.717, 1.165) is 31.7 Å². The van der Waals surface area contributed by atoms with Crippen LogP contribution in [0.15, 0.2) is 0 Å². The largest absolute Gasteiger partial charge is 0.380 e. The van der Waals surface area contributed by atoms with Crippen LogP contribution in [0.4, 0.5) is 0 Å². The predicted molar refractivity (Wildman–Crippen MR) is 62.1 cm³/mol. The molecular formula is C12H24N2O. The first-order chi connectivity index (χ1) is 7.40. The zero-order valence-electron chi connectivity index (χ0n) is 9.87. The summed E-state index contributed by atoms with van der Waals surface area (Å²) in [6.45, 7) is 8.59. The van der Waals surface area contributed by atoms with Crippen LogP contribution in [0, 0.1) is 5.92 Å². The van der Waals surface area contributed by atoms with E-state index in [2.05, 4.69) is 17.1 Å². The van der Waals surface area contributed by atoms with Gasteiger partial charge in [-0.3, -0.25) is 4.90 Å². The van der Waals surface area contributed by atoms with E-state index in [9.17, 15) is 0 Å². The number of nitrogens with zero attached hydrogens (tertiary/aromatic N) is 1. The molecule has 1 heterocycles. The highest BCUT2D eigenvalue weighted by Gasteiger charge is 2.32. The van der Waals surface area contributed by atoms with Gasteiger partial charge in [0, 0.05) is 25.7 Å². The molecule has 1 unspecified atom stereocenters. The fourth-order valence-corrected chi connectivity index (χ4v) is 2.38. The van der Waals surface area contributed by atoms with E-state index in [1.807, 2.05) is 0 Å². The molecule has 15 heavy (non-hydrogen) atoms. The summed E-state index contributed by atoms with van der Waals surface area (Å²) < 4.78 is 5.43. The second-order valence-electron chi connectivity index (χ2n) is 4.75. The van der Waals surface area contributed by atoms with Gasteiger partial charge in [0.1, 0.15) is 0 Å². The molecule has 0 aromatic carbocycles. The second kappa shape index (κ2) is 5.83. The maximum Gasteiger partial charge on any atom is 0.0593 e. The second-order valence-corrected chi connectivity index (χ2v) is 4.75. The van der Waals surface area contributed by atoms with Gasteiger partial charge >= 0.3 is 0 Å². The van der Waals surface area contributed by atoms with Crippen LogP contribution in [0.25, 0.3) is 0 Å². The first kappa shape index (κ1) is 11.4. The minimum atomic E-state index is 0.758. The molecule has 0 aromatic heterocycles. The van der Waals surface area contributed by atoms with E-state index < -0.39 is 0 Å². The molecule has 2 rings (SSSR count). The van der Waals surface area contributed by atoms with Crippen molar-refractivity contribution in [3.8, 4) is 0 Å². The van der Waals surface area contributed by atoms with Crippen LogP contribution in [-0.2, 0) is 4.74 Å². The van der Waals surface area contributed by atoms with Gasteiger partial charge in [0.15, 0.2) is 0 Å². The Bertz CT molecular complexity index is 182. The van der Waals surface area contributed by atoms with Crippen molar-refractivity contribution in [1.29, 1.82) is 0 Å². The molecule has 88 valence electrons. The third-order valence-corrected chi connectivity index (χ3v) is 3.46. The lowest BCUT2D eigenvalue weighted by molar-refractivity contribution is 0.111. The maximum absolute atomic E-state index is 5.43.